The van der Waals surface area contributed by atoms with Crippen LogP contribution in [0.1, 0.15) is 52.5 Å². The van der Waals surface area contributed by atoms with E-state index in [0.29, 0.717) is 5.56 Å². The highest BCUT2D eigenvalue weighted by molar-refractivity contribution is 6.06. The van der Waals surface area contributed by atoms with Gasteiger partial charge in [0.05, 0.1) is 18.1 Å². The zero-order valence-corrected chi connectivity index (χ0v) is 18.8. The summed E-state index contributed by atoms with van der Waals surface area (Å²) in [6.07, 6.45) is -0.920. The number of esters is 2. The van der Waals surface area contributed by atoms with E-state index in [2.05, 4.69) is 0 Å². The second kappa shape index (κ2) is 9.16. The largest absolute Gasteiger partial charge is 0.463 e. The lowest BCUT2D eigenvalue weighted by Gasteiger charge is -2.42. The van der Waals surface area contributed by atoms with E-state index in [1.807, 2.05) is 31.1 Å². The molecule has 1 fully saturated rings. The molecule has 4 atom stereocenters. The van der Waals surface area contributed by atoms with Gasteiger partial charge in [0, 0.05) is 25.7 Å². The molecule has 0 aromatic heterocycles. The lowest BCUT2D eigenvalue weighted by atomic mass is 9.63. The van der Waals surface area contributed by atoms with E-state index in [1.54, 1.807) is 39.8 Å². The van der Waals surface area contributed by atoms with Gasteiger partial charge >= 0.3 is 11.9 Å². The number of hydrogen-bond acceptors (Lipinski definition) is 7. The Morgan fingerprint density at radius 3 is 2.00 bits per heavy atom. The van der Waals surface area contributed by atoms with E-state index in [4.69, 9.17) is 9.47 Å². The summed E-state index contributed by atoms with van der Waals surface area (Å²) >= 11 is 0. The van der Waals surface area contributed by atoms with Crippen LogP contribution in [0.3, 0.4) is 0 Å². The SMILES string of the molecule is CC(C)OC(=O)[C@H]1C(=O)[C@](C)(O)C[C@H](C(=O)OC(C)C)[C@H]1c1ccc(N(C)C)cc1. The standard InChI is InChI=1S/C23H33NO6/c1-13(2)29-21(26)17-12-23(5,28)20(25)19(22(27)30-14(3)4)18(17)15-8-10-16(11-9-15)24(6)7/h8-11,13-14,17-19,28H,12H2,1-7H3/t17-,18+,19+,23+/m0/s1. The quantitative estimate of drug-likeness (QED) is 0.560. The van der Waals surface area contributed by atoms with Crippen molar-refractivity contribution in [3.63, 3.8) is 0 Å². The van der Waals surface area contributed by atoms with Gasteiger partial charge in [-0.05, 0) is 58.7 Å². The number of benzene rings is 1. The lowest BCUT2D eigenvalue weighted by Crippen LogP contribution is -2.55. The number of carbonyl (C=O) groups excluding carboxylic acids is 3. The summed E-state index contributed by atoms with van der Waals surface area (Å²) in [6, 6.07) is 7.34. The first-order valence-electron chi connectivity index (χ1n) is 10.3. The fraction of sp³-hybridized carbons (Fsp3) is 0.609. The van der Waals surface area contributed by atoms with Crippen LogP contribution < -0.4 is 4.90 Å². The third-order valence-corrected chi connectivity index (χ3v) is 5.28. The van der Waals surface area contributed by atoms with Gasteiger partial charge in [-0.2, -0.15) is 0 Å². The fourth-order valence-corrected chi connectivity index (χ4v) is 3.91. The minimum Gasteiger partial charge on any atom is -0.463 e. The summed E-state index contributed by atoms with van der Waals surface area (Å²) in [6.45, 7) is 8.18. The van der Waals surface area contributed by atoms with Crippen LogP contribution in [0.2, 0.25) is 0 Å². The monoisotopic (exact) mass is 419 g/mol. The predicted molar refractivity (Wildman–Crippen MR) is 113 cm³/mol. The van der Waals surface area contributed by atoms with Gasteiger partial charge in [-0.1, -0.05) is 12.1 Å². The van der Waals surface area contributed by atoms with Gasteiger partial charge < -0.3 is 19.5 Å². The number of anilines is 1. The Morgan fingerprint density at radius 1 is 1.03 bits per heavy atom. The zero-order chi connectivity index (χ0) is 22.8. The number of nitrogens with zero attached hydrogens (tertiary/aromatic N) is 1. The molecule has 1 saturated carbocycles. The Morgan fingerprint density at radius 2 is 1.53 bits per heavy atom. The van der Waals surface area contributed by atoms with Crippen molar-refractivity contribution in [3.8, 4) is 0 Å². The van der Waals surface area contributed by atoms with E-state index < -0.39 is 47.2 Å². The molecule has 0 amide bonds. The summed E-state index contributed by atoms with van der Waals surface area (Å²) < 4.78 is 10.8. The van der Waals surface area contributed by atoms with E-state index in [1.165, 1.54) is 6.92 Å². The van der Waals surface area contributed by atoms with Crippen LogP contribution in [0.5, 0.6) is 0 Å². The van der Waals surface area contributed by atoms with Gasteiger partial charge in [0.2, 0.25) is 0 Å². The molecule has 1 aromatic rings. The van der Waals surface area contributed by atoms with Crippen molar-refractivity contribution in [1.82, 2.24) is 0 Å². The van der Waals surface area contributed by atoms with Crippen molar-refractivity contribution in [2.75, 3.05) is 19.0 Å². The van der Waals surface area contributed by atoms with Crippen LogP contribution in [0, 0.1) is 11.8 Å². The van der Waals surface area contributed by atoms with Crippen LogP contribution in [-0.2, 0) is 23.9 Å². The Labute approximate surface area is 178 Å². The van der Waals surface area contributed by atoms with Crippen LogP contribution in [0.15, 0.2) is 24.3 Å². The van der Waals surface area contributed by atoms with E-state index in [-0.39, 0.29) is 12.5 Å². The number of ether oxygens (including phenoxy) is 2. The first-order chi connectivity index (χ1) is 13.8. The summed E-state index contributed by atoms with van der Waals surface area (Å²) in [7, 11) is 3.81. The topological polar surface area (TPSA) is 93.1 Å². The third-order valence-electron chi connectivity index (χ3n) is 5.28. The molecule has 0 saturated heterocycles. The normalized spacial score (nSPS) is 26.6. The molecule has 0 spiro atoms. The molecule has 1 N–H and O–H groups in total. The van der Waals surface area contributed by atoms with Crippen molar-refractivity contribution in [2.45, 2.75) is 64.8 Å². The molecule has 0 bridgehead atoms. The third kappa shape index (κ3) is 5.19. The highest BCUT2D eigenvalue weighted by atomic mass is 16.5. The van der Waals surface area contributed by atoms with Crippen molar-refractivity contribution in [1.29, 1.82) is 0 Å². The van der Waals surface area contributed by atoms with Crippen molar-refractivity contribution < 1.29 is 29.0 Å². The summed E-state index contributed by atoms with van der Waals surface area (Å²) in [5.41, 5.74) is -0.238. The molecule has 0 radical (unpaired) electrons. The average Bonchev–Trinajstić information content (AvgIpc) is 2.62. The van der Waals surface area contributed by atoms with Crippen molar-refractivity contribution in [3.05, 3.63) is 29.8 Å². The van der Waals surface area contributed by atoms with Gasteiger partial charge in [-0.15, -0.1) is 0 Å². The molecule has 2 rings (SSSR count). The highest BCUT2D eigenvalue weighted by Gasteiger charge is 2.56. The summed E-state index contributed by atoms with van der Waals surface area (Å²) in [5, 5.41) is 10.8. The second-order valence-electron chi connectivity index (χ2n) is 8.91. The minimum absolute atomic E-state index is 0.122. The molecule has 7 nitrogen and oxygen atoms in total. The smallest absolute Gasteiger partial charge is 0.317 e. The fourth-order valence-electron chi connectivity index (χ4n) is 3.91. The number of ketones is 1. The van der Waals surface area contributed by atoms with E-state index in [9.17, 15) is 19.5 Å². The van der Waals surface area contributed by atoms with Crippen molar-refractivity contribution in [2.24, 2.45) is 11.8 Å². The zero-order valence-electron chi connectivity index (χ0n) is 18.8. The molecular weight excluding hydrogens is 386 g/mol. The first kappa shape index (κ1) is 23.9. The van der Waals surface area contributed by atoms with E-state index >= 15 is 0 Å². The molecule has 0 aliphatic heterocycles. The van der Waals surface area contributed by atoms with Crippen molar-refractivity contribution >= 4 is 23.4 Å². The van der Waals surface area contributed by atoms with Gasteiger partial charge in [0.15, 0.2) is 5.78 Å². The maximum atomic E-state index is 13.1. The number of hydrogen-bond donors (Lipinski definition) is 1. The predicted octanol–water partition coefficient (Wildman–Crippen LogP) is 2.70. The Balaban J connectivity index is 2.58. The number of aliphatic hydroxyl groups is 1. The molecule has 7 heteroatoms. The molecule has 1 aromatic carbocycles. The number of carbonyl (C=O) groups is 3. The summed E-state index contributed by atoms with van der Waals surface area (Å²) in [4.78, 5) is 40.9. The van der Waals surface area contributed by atoms with Crippen LogP contribution in [0.25, 0.3) is 0 Å². The summed E-state index contributed by atoms with van der Waals surface area (Å²) in [5.74, 6) is -4.86. The minimum atomic E-state index is -1.83. The van der Waals surface area contributed by atoms with Crippen LogP contribution in [0.4, 0.5) is 5.69 Å². The van der Waals surface area contributed by atoms with Crippen LogP contribution in [-0.4, -0.2) is 54.7 Å². The Kier molecular flexibility index (Phi) is 7.29. The average molecular weight is 420 g/mol. The van der Waals surface area contributed by atoms with E-state index in [0.717, 1.165) is 5.69 Å². The Bertz CT molecular complexity index is 781. The molecule has 0 heterocycles. The lowest BCUT2D eigenvalue weighted by molar-refractivity contribution is -0.173. The molecule has 1 aliphatic rings. The van der Waals surface area contributed by atoms with Gasteiger partial charge in [-0.3, -0.25) is 14.4 Å². The molecular formula is C23H33NO6. The second-order valence-corrected chi connectivity index (χ2v) is 8.91. The van der Waals surface area contributed by atoms with Gasteiger partial charge in [0.1, 0.15) is 11.5 Å². The molecule has 30 heavy (non-hydrogen) atoms. The maximum Gasteiger partial charge on any atom is 0.317 e. The molecule has 0 unspecified atom stereocenters. The van der Waals surface area contributed by atoms with Gasteiger partial charge in [0.25, 0.3) is 0 Å². The van der Waals surface area contributed by atoms with Crippen LogP contribution >= 0.6 is 0 Å². The van der Waals surface area contributed by atoms with Gasteiger partial charge in [-0.25, -0.2) is 0 Å². The number of rotatable bonds is 6. The molecule has 1 aliphatic carbocycles. The Hall–Kier alpha value is -2.41. The maximum absolute atomic E-state index is 13.1. The number of Topliss-reactive ketones (excluding diaryl/α,β-unsaturated/α-hetero) is 1. The first-order valence-corrected chi connectivity index (χ1v) is 10.3. The highest BCUT2D eigenvalue weighted by Crippen LogP contribution is 2.45. The molecule has 166 valence electrons.